The highest BCUT2D eigenvalue weighted by Gasteiger charge is 2.48. The van der Waals surface area contributed by atoms with E-state index in [9.17, 15) is 19.2 Å². The quantitative estimate of drug-likeness (QED) is 0.351. The molecule has 0 N–H and O–H groups in total. The maximum absolute atomic E-state index is 12.6. The van der Waals surface area contributed by atoms with Gasteiger partial charge >= 0.3 is 5.97 Å². The van der Waals surface area contributed by atoms with Crippen molar-refractivity contribution in [2.24, 2.45) is 11.8 Å². The van der Waals surface area contributed by atoms with E-state index < -0.39 is 29.5 Å². The molecule has 1 heterocycles. The lowest BCUT2D eigenvalue weighted by Gasteiger charge is -2.19. The van der Waals surface area contributed by atoms with Crippen molar-refractivity contribution in [2.45, 2.75) is 13.3 Å². The van der Waals surface area contributed by atoms with Crippen molar-refractivity contribution in [3.8, 4) is 0 Å². The summed E-state index contributed by atoms with van der Waals surface area (Å²) >= 11 is 0. The zero-order valence-corrected chi connectivity index (χ0v) is 12.4. The minimum Gasteiger partial charge on any atom is -0.468 e. The number of carbonyl (C=O) groups is 4. The monoisotopic (exact) mass is 303 g/mol. The van der Waals surface area contributed by atoms with E-state index in [-0.39, 0.29) is 18.9 Å². The number of benzene rings is 1. The topological polar surface area (TPSA) is 80.8 Å². The van der Waals surface area contributed by atoms with E-state index in [1.807, 2.05) is 0 Å². The molecule has 6 heteroatoms. The third kappa shape index (κ3) is 2.77. The first kappa shape index (κ1) is 15.9. The number of nitrogens with zero attached hydrogens (tertiary/aromatic N) is 1. The highest BCUT2D eigenvalue weighted by atomic mass is 16.5. The van der Waals surface area contributed by atoms with Gasteiger partial charge < -0.3 is 4.74 Å². The van der Waals surface area contributed by atoms with Gasteiger partial charge in [-0.25, -0.2) is 0 Å². The number of ketones is 1. The summed E-state index contributed by atoms with van der Waals surface area (Å²) in [5.74, 6) is -4.44. The van der Waals surface area contributed by atoms with Gasteiger partial charge in [-0.3, -0.25) is 24.1 Å². The largest absolute Gasteiger partial charge is 0.468 e. The lowest BCUT2D eigenvalue weighted by Crippen LogP contribution is -2.38. The van der Waals surface area contributed by atoms with Crippen LogP contribution in [-0.2, 0) is 19.1 Å². The van der Waals surface area contributed by atoms with E-state index >= 15 is 0 Å². The maximum Gasteiger partial charge on any atom is 0.317 e. The van der Waals surface area contributed by atoms with Gasteiger partial charge in [0.25, 0.3) is 0 Å². The Labute approximate surface area is 128 Å². The second kappa shape index (κ2) is 6.51. The molecule has 2 amide bonds. The van der Waals surface area contributed by atoms with Crippen molar-refractivity contribution in [1.29, 1.82) is 0 Å². The summed E-state index contributed by atoms with van der Waals surface area (Å²) in [7, 11) is 1.16. The Morgan fingerprint density at radius 3 is 2.41 bits per heavy atom. The molecule has 1 fully saturated rings. The molecular weight excluding hydrogens is 286 g/mol. The summed E-state index contributed by atoms with van der Waals surface area (Å²) in [5.41, 5.74) is 0.313. The van der Waals surface area contributed by atoms with Gasteiger partial charge in [0.05, 0.1) is 13.0 Å². The smallest absolute Gasteiger partial charge is 0.317 e. The molecule has 0 aromatic heterocycles. The number of ether oxygens (including phenoxy) is 1. The molecular formula is C16H17NO5. The highest BCUT2D eigenvalue weighted by molar-refractivity contribution is 6.14. The maximum atomic E-state index is 12.6. The van der Waals surface area contributed by atoms with Crippen molar-refractivity contribution in [3.05, 3.63) is 35.9 Å². The number of esters is 1. The van der Waals surface area contributed by atoms with Crippen LogP contribution in [0.15, 0.2) is 30.3 Å². The Morgan fingerprint density at radius 1 is 1.27 bits per heavy atom. The summed E-state index contributed by atoms with van der Waals surface area (Å²) in [6.45, 7) is 1.89. The Balaban J connectivity index is 2.36. The minimum atomic E-state index is -1.29. The number of carbonyl (C=O) groups excluding carboxylic acids is 4. The molecule has 1 aliphatic rings. The zero-order valence-electron chi connectivity index (χ0n) is 12.4. The van der Waals surface area contributed by atoms with Crippen LogP contribution in [0.5, 0.6) is 0 Å². The van der Waals surface area contributed by atoms with Crippen LogP contribution in [0.4, 0.5) is 0 Å². The lowest BCUT2D eigenvalue weighted by atomic mass is 9.84. The zero-order chi connectivity index (χ0) is 16.3. The van der Waals surface area contributed by atoms with Crippen molar-refractivity contribution in [2.75, 3.05) is 13.7 Å². The summed E-state index contributed by atoms with van der Waals surface area (Å²) in [6.07, 6.45) is -0.148. The highest BCUT2D eigenvalue weighted by Crippen LogP contribution is 2.30. The molecule has 1 aliphatic heterocycles. The number of methoxy groups -OCH3 is 1. The molecule has 2 atom stereocenters. The average molecular weight is 303 g/mol. The van der Waals surface area contributed by atoms with Crippen LogP contribution in [0.2, 0.25) is 0 Å². The van der Waals surface area contributed by atoms with Gasteiger partial charge in [-0.05, 0) is 6.92 Å². The van der Waals surface area contributed by atoms with Crippen molar-refractivity contribution < 1.29 is 23.9 Å². The number of amides is 2. The number of hydrogen-bond acceptors (Lipinski definition) is 5. The molecule has 0 saturated carbocycles. The molecule has 116 valence electrons. The van der Waals surface area contributed by atoms with E-state index in [1.54, 1.807) is 37.3 Å². The van der Waals surface area contributed by atoms with Gasteiger partial charge in [0.2, 0.25) is 11.8 Å². The molecule has 1 aromatic rings. The van der Waals surface area contributed by atoms with Crippen molar-refractivity contribution in [1.82, 2.24) is 4.90 Å². The van der Waals surface area contributed by atoms with Crippen LogP contribution in [0, 0.1) is 11.8 Å². The summed E-state index contributed by atoms with van der Waals surface area (Å²) in [5, 5.41) is 0. The SMILES string of the molecule is CCN1C(=O)C[C@H](C(C(=O)OC)C(=O)c2ccccc2)C1=O. The van der Waals surface area contributed by atoms with Gasteiger partial charge in [-0.15, -0.1) is 0 Å². The molecule has 1 unspecified atom stereocenters. The van der Waals surface area contributed by atoms with Gasteiger partial charge in [-0.2, -0.15) is 0 Å². The average Bonchev–Trinajstić information content (AvgIpc) is 2.82. The van der Waals surface area contributed by atoms with Gasteiger partial charge in [0, 0.05) is 18.5 Å². The summed E-state index contributed by atoms with van der Waals surface area (Å²) in [6, 6.07) is 8.21. The van der Waals surface area contributed by atoms with E-state index in [0.29, 0.717) is 5.56 Å². The molecule has 0 aliphatic carbocycles. The standard InChI is InChI=1S/C16H17NO5/c1-3-17-12(18)9-11(15(17)20)13(16(21)22-2)14(19)10-7-5-4-6-8-10/h4-8,11,13H,3,9H2,1-2H3/t11-,13?/m1/s1. The third-order valence-corrected chi connectivity index (χ3v) is 3.79. The molecule has 0 radical (unpaired) electrons. The van der Waals surface area contributed by atoms with Crippen molar-refractivity contribution in [3.63, 3.8) is 0 Å². The summed E-state index contributed by atoms with van der Waals surface area (Å²) in [4.78, 5) is 49.8. The van der Waals surface area contributed by atoms with Crippen LogP contribution in [-0.4, -0.2) is 42.1 Å². The lowest BCUT2D eigenvalue weighted by molar-refractivity contribution is -0.149. The first-order valence-corrected chi connectivity index (χ1v) is 7.02. The summed E-state index contributed by atoms with van der Waals surface area (Å²) < 4.78 is 4.68. The molecule has 0 bridgehead atoms. The number of rotatable bonds is 5. The van der Waals surface area contributed by atoms with Crippen LogP contribution >= 0.6 is 0 Å². The van der Waals surface area contributed by atoms with E-state index in [1.165, 1.54) is 0 Å². The fourth-order valence-electron chi connectivity index (χ4n) is 2.66. The Hall–Kier alpha value is -2.50. The predicted molar refractivity (Wildman–Crippen MR) is 76.8 cm³/mol. The van der Waals surface area contributed by atoms with Crippen LogP contribution in [0.3, 0.4) is 0 Å². The molecule has 1 saturated heterocycles. The van der Waals surface area contributed by atoms with E-state index in [0.717, 1.165) is 12.0 Å². The minimum absolute atomic E-state index is 0.148. The Bertz CT molecular complexity index is 610. The van der Waals surface area contributed by atoms with Gasteiger partial charge in [-0.1, -0.05) is 30.3 Å². The van der Waals surface area contributed by atoms with E-state index in [2.05, 4.69) is 4.74 Å². The predicted octanol–water partition coefficient (Wildman–Crippen LogP) is 1.05. The number of hydrogen-bond donors (Lipinski definition) is 0. The van der Waals surface area contributed by atoms with Crippen molar-refractivity contribution >= 4 is 23.6 Å². The third-order valence-electron chi connectivity index (χ3n) is 3.79. The Morgan fingerprint density at radius 2 is 1.91 bits per heavy atom. The fraction of sp³-hybridized carbons (Fsp3) is 0.375. The van der Waals surface area contributed by atoms with Crippen LogP contribution in [0.1, 0.15) is 23.7 Å². The Kier molecular flexibility index (Phi) is 4.70. The molecule has 0 spiro atoms. The van der Waals surface area contributed by atoms with Crippen LogP contribution in [0.25, 0.3) is 0 Å². The molecule has 1 aromatic carbocycles. The number of imide groups is 1. The van der Waals surface area contributed by atoms with Crippen LogP contribution < -0.4 is 0 Å². The fourth-order valence-corrected chi connectivity index (χ4v) is 2.66. The molecule has 6 nitrogen and oxygen atoms in total. The molecule has 22 heavy (non-hydrogen) atoms. The number of Topliss-reactive ketones (excluding diaryl/α,β-unsaturated/α-hetero) is 1. The van der Waals surface area contributed by atoms with Gasteiger partial charge in [0.15, 0.2) is 5.78 Å². The molecule has 2 rings (SSSR count). The number of likely N-dealkylation sites (tertiary alicyclic amines) is 1. The second-order valence-corrected chi connectivity index (χ2v) is 5.02. The van der Waals surface area contributed by atoms with Gasteiger partial charge in [0.1, 0.15) is 5.92 Å². The second-order valence-electron chi connectivity index (χ2n) is 5.02. The first-order chi connectivity index (χ1) is 10.5. The normalized spacial score (nSPS) is 19.2. The van der Waals surface area contributed by atoms with E-state index in [4.69, 9.17) is 0 Å². The first-order valence-electron chi connectivity index (χ1n) is 7.02.